The van der Waals surface area contributed by atoms with Crippen LogP contribution in [-0.2, 0) is 0 Å². The fourth-order valence-corrected chi connectivity index (χ4v) is 1.86. The lowest BCUT2D eigenvalue weighted by Crippen LogP contribution is -2.35. The number of hydrogen-bond acceptors (Lipinski definition) is 3. The Bertz CT molecular complexity index is 357. The number of aromatic hydroxyl groups is 2. The van der Waals surface area contributed by atoms with Crippen LogP contribution in [0.5, 0.6) is 11.5 Å². The molecular formula is C11H14BrNO3. The van der Waals surface area contributed by atoms with Crippen LogP contribution in [0.15, 0.2) is 18.2 Å². The maximum Gasteiger partial charge on any atom is 0.251 e. The molecule has 3 N–H and O–H groups in total. The highest BCUT2D eigenvalue weighted by Gasteiger charge is 2.12. The molecule has 0 aliphatic rings. The third-order valence-electron chi connectivity index (χ3n) is 2.18. The predicted octanol–water partition coefficient (Wildman–Crippen LogP) is 2.00. The number of benzene rings is 1. The van der Waals surface area contributed by atoms with E-state index < -0.39 is 0 Å². The first-order valence-electron chi connectivity index (χ1n) is 4.96. The van der Waals surface area contributed by atoms with Gasteiger partial charge < -0.3 is 15.5 Å². The summed E-state index contributed by atoms with van der Waals surface area (Å²) in [6, 6.07) is 3.85. The number of nitrogens with one attached hydrogen (secondary N) is 1. The first-order valence-corrected chi connectivity index (χ1v) is 6.08. The lowest BCUT2D eigenvalue weighted by Gasteiger charge is -2.14. The van der Waals surface area contributed by atoms with Crippen molar-refractivity contribution in [1.82, 2.24) is 5.32 Å². The van der Waals surface area contributed by atoms with E-state index in [1.807, 2.05) is 6.92 Å². The zero-order valence-electron chi connectivity index (χ0n) is 8.90. The molecule has 0 aliphatic carbocycles. The summed E-state index contributed by atoms with van der Waals surface area (Å²) in [4.78, 5) is 11.7. The maximum absolute atomic E-state index is 11.7. The van der Waals surface area contributed by atoms with Gasteiger partial charge in [0, 0.05) is 23.0 Å². The number of phenolic OH excluding ortho intramolecular Hbond substituents is 2. The molecule has 0 spiro atoms. The molecule has 5 heteroatoms. The van der Waals surface area contributed by atoms with Crippen LogP contribution in [0.1, 0.15) is 23.7 Å². The van der Waals surface area contributed by atoms with Crippen LogP contribution in [-0.4, -0.2) is 27.5 Å². The summed E-state index contributed by atoms with van der Waals surface area (Å²) in [5.41, 5.74) is 0.247. The third-order valence-corrected chi connectivity index (χ3v) is 2.96. The average molecular weight is 288 g/mol. The zero-order chi connectivity index (χ0) is 12.1. The van der Waals surface area contributed by atoms with Crippen molar-refractivity contribution in [2.24, 2.45) is 0 Å². The molecule has 4 nitrogen and oxygen atoms in total. The van der Waals surface area contributed by atoms with Gasteiger partial charge >= 0.3 is 0 Å². The number of hydrogen-bond donors (Lipinski definition) is 3. The van der Waals surface area contributed by atoms with Gasteiger partial charge in [-0.3, -0.25) is 4.79 Å². The molecule has 0 aliphatic heterocycles. The molecule has 0 radical (unpaired) electrons. The van der Waals surface area contributed by atoms with Crippen LogP contribution in [0.4, 0.5) is 0 Å². The third kappa shape index (κ3) is 3.41. The summed E-state index contributed by atoms with van der Waals surface area (Å²) < 4.78 is 0. The molecule has 16 heavy (non-hydrogen) atoms. The normalized spacial score (nSPS) is 12.1. The highest BCUT2D eigenvalue weighted by Crippen LogP contribution is 2.20. The van der Waals surface area contributed by atoms with E-state index in [1.54, 1.807) is 0 Å². The van der Waals surface area contributed by atoms with Crippen LogP contribution >= 0.6 is 15.9 Å². The second-order valence-corrected chi connectivity index (χ2v) is 4.12. The standard InChI is InChI=1S/C11H14BrNO3/c1-2-8(6-12)13-11(16)7-3-9(14)5-10(15)4-7/h3-5,8,14-15H,2,6H2,1H3,(H,13,16). The summed E-state index contributed by atoms with van der Waals surface area (Å²) in [7, 11) is 0. The van der Waals surface area contributed by atoms with E-state index in [0.717, 1.165) is 6.42 Å². The van der Waals surface area contributed by atoms with E-state index in [9.17, 15) is 15.0 Å². The van der Waals surface area contributed by atoms with Crippen LogP contribution in [0, 0.1) is 0 Å². The Labute approximate surface area is 102 Å². The molecule has 1 unspecified atom stereocenters. The number of amides is 1. The van der Waals surface area contributed by atoms with Crippen molar-refractivity contribution in [1.29, 1.82) is 0 Å². The van der Waals surface area contributed by atoms with E-state index in [0.29, 0.717) is 5.33 Å². The summed E-state index contributed by atoms with van der Waals surface area (Å²) >= 11 is 3.29. The van der Waals surface area contributed by atoms with Crippen molar-refractivity contribution in [2.75, 3.05) is 5.33 Å². The Morgan fingerprint density at radius 3 is 2.38 bits per heavy atom. The number of rotatable bonds is 4. The number of phenols is 2. The van der Waals surface area contributed by atoms with Gasteiger partial charge in [0.1, 0.15) is 11.5 Å². The van der Waals surface area contributed by atoms with Crippen LogP contribution in [0.2, 0.25) is 0 Å². The Balaban J connectivity index is 2.80. The number of carbonyl (C=O) groups excluding carboxylic acids is 1. The van der Waals surface area contributed by atoms with Crippen molar-refractivity contribution in [3.63, 3.8) is 0 Å². The minimum absolute atomic E-state index is 0.0389. The van der Waals surface area contributed by atoms with E-state index in [1.165, 1.54) is 18.2 Å². The molecule has 1 amide bonds. The molecule has 0 bridgehead atoms. The Morgan fingerprint density at radius 2 is 1.94 bits per heavy atom. The number of alkyl halides is 1. The minimum atomic E-state index is -0.308. The minimum Gasteiger partial charge on any atom is -0.508 e. The van der Waals surface area contributed by atoms with E-state index in [4.69, 9.17) is 0 Å². The largest absolute Gasteiger partial charge is 0.508 e. The molecule has 0 saturated heterocycles. The molecule has 0 fully saturated rings. The van der Waals surface area contributed by atoms with Crippen molar-refractivity contribution >= 4 is 21.8 Å². The van der Waals surface area contributed by atoms with Crippen molar-refractivity contribution < 1.29 is 15.0 Å². The van der Waals surface area contributed by atoms with Gasteiger partial charge in [-0.15, -0.1) is 0 Å². The van der Waals surface area contributed by atoms with E-state index in [2.05, 4.69) is 21.2 Å². The van der Waals surface area contributed by atoms with Crippen molar-refractivity contribution in [3.8, 4) is 11.5 Å². The predicted molar refractivity (Wildman–Crippen MR) is 65.1 cm³/mol. The number of halogens is 1. The van der Waals surface area contributed by atoms with Crippen molar-refractivity contribution in [2.45, 2.75) is 19.4 Å². The zero-order valence-corrected chi connectivity index (χ0v) is 10.5. The summed E-state index contributed by atoms with van der Waals surface area (Å²) in [6.07, 6.45) is 0.807. The molecule has 1 aromatic rings. The van der Waals surface area contributed by atoms with Gasteiger partial charge in [-0.1, -0.05) is 22.9 Å². The second kappa shape index (κ2) is 5.75. The highest BCUT2D eigenvalue weighted by atomic mass is 79.9. The number of carbonyl (C=O) groups is 1. The maximum atomic E-state index is 11.7. The topological polar surface area (TPSA) is 69.6 Å². The quantitative estimate of drug-likeness (QED) is 0.742. The first kappa shape index (κ1) is 12.8. The Kier molecular flexibility index (Phi) is 4.61. The van der Waals surface area contributed by atoms with Crippen LogP contribution in [0.25, 0.3) is 0 Å². The molecule has 0 saturated carbocycles. The molecule has 0 aromatic heterocycles. The Morgan fingerprint density at radius 1 is 1.38 bits per heavy atom. The van der Waals surface area contributed by atoms with E-state index >= 15 is 0 Å². The fourth-order valence-electron chi connectivity index (χ4n) is 1.24. The molecule has 88 valence electrons. The Hall–Kier alpha value is -1.23. The summed E-state index contributed by atoms with van der Waals surface area (Å²) in [5.74, 6) is -0.563. The van der Waals surface area contributed by atoms with E-state index in [-0.39, 0.29) is 29.0 Å². The fraction of sp³-hybridized carbons (Fsp3) is 0.364. The second-order valence-electron chi connectivity index (χ2n) is 3.47. The molecular weight excluding hydrogens is 274 g/mol. The van der Waals surface area contributed by atoms with Crippen LogP contribution in [0.3, 0.4) is 0 Å². The monoisotopic (exact) mass is 287 g/mol. The lowest BCUT2D eigenvalue weighted by atomic mass is 10.1. The average Bonchev–Trinajstić information content (AvgIpc) is 2.24. The lowest BCUT2D eigenvalue weighted by molar-refractivity contribution is 0.0939. The summed E-state index contributed by atoms with van der Waals surface area (Å²) in [6.45, 7) is 1.96. The molecule has 1 aromatic carbocycles. The van der Waals surface area contributed by atoms with Gasteiger partial charge in [0.15, 0.2) is 0 Å². The van der Waals surface area contributed by atoms with Crippen LogP contribution < -0.4 is 5.32 Å². The van der Waals surface area contributed by atoms with Crippen molar-refractivity contribution in [3.05, 3.63) is 23.8 Å². The van der Waals surface area contributed by atoms with Gasteiger partial charge in [0.05, 0.1) is 0 Å². The molecule has 1 rings (SSSR count). The highest BCUT2D eigenvalue weighted by molar-refractivity contribution is 9.09. The molecule has 0 heterocycles. The smallest absolute Gasteiger partial charge is 0.251 e. The van der Waals surface area contributed by atoms with Gasteiger partial charge in [-0.25, -0.2) is 0 Å². The molecule has 1 atom stereocenters. The summed E-state index contributed by atoms with van der Waals surface area (Å²) in [5, 5.41) is 21.9. The van der Waals surface area contributed by atoms with Gasteiger partial charge in [0.25, 0.3) is 5.91 Å². The van der Waals surface area contributed by atoms with Gasteiger partial charge in [0.2, 0.25) is 0 Å². The first-order chi connectivity index (χ1) is 7.56. The SMILES string of the molecule is CCC(CBr)NC(=O)c1cc(O)cc(O)c1. The van der Waals surface area contributed by atoms with Gasteiger partial charge in [-0.05, 0) is 18.6 Å². The van der Waals surface area contributed by atoms with Gasteiger partial charge in [-0.2, -0.15) is 0 Å².